The van der Waals surface area contributed by atoms with Gasteiger partial charge in [0.25, 0.3) is 0 Å². The third kappa shape index (κ3) is 1.40. The van der Waals surface area contributed by atoms with Crippen LogP contribution in [0.15, 0.2) is 17.1 Å². The van der Waals surface area contributed by atoms with E-state index in [1.54, 1.807) is 12.1 Å². The molecule has 0 fully saturated rings. The van der Waals surface area contributed by atoms with Gasteiger partial charge in [0.05, 0.1) is 13.2 Å². The maximum Gasteiger partial charge on any atom is 0.235 e. The van der Waals surface area contributed by atoms with Crippen molar-refractivity contribution in [3.63, 3.8) is 0 Å². The maximum atomic E-state index is 13.6. The van der Waals surface area contributed by atoms with E-state index in [1.807, 2.05) is 0 Å². The van der Waals surface area contributed by atoms with Gasteiger partial charge in [0.2, 0.25) is 6.08 Å². The van der Waals surface area contributed by atoms with Gasteiger partial charge < -0.3 is 4.74 Å². The summed E-state index contributed by atoms with van der Waals surface area (Å²) in [5, 5.41) is 0. The first-order chi connectivity index (χ1) is 6.83. The number of ether oxygens (including phenoxy) is 1. The van der Waals surface area contributed by atoms with Gasteiger partial charge in [0.15, 0.2) is 0 Å². The normalized spacial score (nSPS) is 12.9. The summed E-state index contributed by atoms with van der Waals surface area (Å²) in [4.78, 5) is 13.2. The largest absolute Gasteiger partial charge is 0.493 e. The number of fused-ring (bicyclic) bond motifs is 1. The molecule has 0 unspecified atom stereocenters. The van der Waals surface area contributed by atoms with Crippen LogP contribution in [-0.4, -0.2) is 12.7 Å². The molecule has 0 saturated carbocycles. The molecule has 0 aromatic heterocycles. The molecule has 4 heteroatoms. The summed E-state index contributed by atoms with van der Waals surface area (Å²) in [6, 6.07) is 3.29. The second kappa shape index (κ2) is 3.60. The summed E-state index contributed by atoms with van der Waals surface area (Å²) in [6.07, 6.45) is 1.97. The number of hydrogen-bond acceptors (Lipinski definition) is 3. The van der Waals surface area contributed by atoms with Gasteiger partial charge in [-0.05, 0) is 6.07 Å². The summed E-state index contributed by atoms with van der Waals surface area (Å²) < 4.78 is 18.8. The highest BCUT2D eigenvalue weighted by molar-refractivity contribution is 5.42. The topological polar surface area (TPSA) is 38.7 Å². The molecule has 1 heterocycles. The van der Waals surface area contributed by atoms with Crippen LogP contribution >= 0.6 is 0 Å². The van der Waals surface area contributed by atoms with E-state index < -0.39 is 0 Å². The Kier molecular flexibility index (Phi) is 2.29. The van der Waals surface area contributed by atoms with Gasteiger partial charge >= 0.3 is 0 Å². The zero-order valence-electron chi connectivity index (χ0n) is 7.42. The van der Waals surface area contributed by atoms with Crippen molar-refractivity contribution < 1.29 is 13.9 Å². The van der Waals surface area contributed by atoms with Gasteiger partial charge in [-0.3, -0.25) is 0 Å². The van der Waals surface area contributed by atoms with Crippen LogP contribution in [0.3, 0.4) is 0 Å². The van der Waals surface area contributed by atoms with Crippen molar-refractivity contribution in [2.45, 2.75) is 13.0 Å². The minimum absolute atomic E-state index is 0.0443. The SMILES string of the molecule is O=C=NCc1ccc2c(c1F)CCO2. The molecule has 0 bridgehead atoms. The van der Waals surface area contributed by atoms with E-state index in [4.69, 9.17) is 4.74 Å². The zero-order valence-corrected chi connectivity index (χ0v) is 7.42. The lowest BCUT2D eigenvalue weighted by molar-refractivity contribution is 0.356. The van der Waals surface area contributed by atoms with Gasteiger partial charge in [0, 0.05) is 17.5 Å². The molecule has 0 atom stereocenters. The summed E-state index contributed by atoms with van der Waals surface area (Å²) in [5.74, 6) is 0.292. The lowest BCUT2D eigenvalue weighted by Gasteiger charge is -2.03. The molecule has 0 N–H and O–H groups in total. The molecule has 0 saturated heterocycles. The van der Waals surface area contributed by atoms with E-state index in [9.17, 15) is 9.18 Å². The lowest BCUT2D eigenvalue weighted by Crippen LogP contribution is -1.93. The number of nitrogens with zero attached hydrogens (tertiary/aromatic N) is 1. The van der Waals surface area contributed by atoms with E-state index in [2.05, 4.69) is 4.99 Å². The average Bonchev–Trinajstić information content (AvgIpc) is 2.66. The predicted octanol–water partition coefficient (Wildman–Crippen LogP) is 1.60. The second-order valence-corrected chi connectivity index (χ2v) is 3.02. The highest BCUT2D eigenvalue weighted by Crippen LogP contribution is 2.29. The smallest absolute Gasteiger partial charge is 0.235 e. The Morgan fingerprint density at radius 1 is 1.57 bits per heavy atom. The van der Waals surface area contributed by atoms with Crippen LogP contribution in [0.1, 0.15) is 11.1 Å². The highest BCUT2D eigenvalue weighted by atomic mass is 19.1. The molecular formula is C10H8FNO2. The van der Waals surface area contributed by atoms with Crippen LogP contribution in [0.2, 0.25) is 0 Å². The van der Waals surface area contributed by atoms with Crippen molar-refractivity contribution in [2.24, 2.45) is 4.99 Å². The Morgan fingerprint density at radius 2 is 2.43 bits per heavy atom. The first kappa shape index (κ1) is 8.91. The fourth-order valence-electron chi connectivity index (χ4n) is 1.52. The van der Waals surface area contributed by atoms with E-state index in [0.717, 1.165) is 0 Å². The third-order valence-corrected chi connectivity index (χ3v) is 2.20. The number of aliphatic imine (C=N–C) groups is 1. The quantitative estimate of drug-likeness (QED) is 0.528. The summed E-state index contributed by atoms with van der Waals surface area (Å²) in [6.45, 7) is 0.565. The van der Waals surface area contributed by atoms with Crippen molar-refractivity contribution in [1.29, 1.82) is 0 Å². The Labute approximate surface area is 80.2 Å². The Morgan fingerprint density at radius 3 is 3.21 bits per heavy atom. The van der Waals surface area contributed by atoms with E-state index in [-0.39, 0.29) is 12.4 Å². The minimum atomic E-state index is -0.306. The first-order valence-corrected chi connectivity index (χ1v) is 4.29. The van der Waals surface area contributed by atoms with Gasteiger partial charge in [-0.15, -0.1) is 0 Å². The molecule has 3 nitrogen and oxygen atoms in total. The number of isocyanates is 1. The van der Waals surface area contributed by atoms with Crippen LogP contribution in [0.25, 0.3) is 0 Å². The van der Waals surface area contributed by atoms with Crippen LogP contribution in [0.5, 0.6) is 5.75 Å². The zero-order chi connectivity index (χ0) is 9.97. The van der Waals surface area contributed by atoms with Gasteiger partial charge in [-0.1, -0.05) is 6.07 Å². The number of hydrogen-bond donors (Lipinski definition) is 0. The molecule has 2 rings (SSSR count). The first-order valence-electron chi connectivity index (χ1n) is 4.29. The van der Waals surface area contributed by atoms with E-state index in [1.165, 1.54) is 6.08 Å². The van der Waals surface area contributed by atoms with Crippen molar-refractivity contribution in [1.82, 2.24) is 0 Å². The van der Waals surface area contributed by atoms with Gasteiger partial charge in [0.1, 0.15) is 11.6 Å². The molecule has 1 aliphatic heterocycles. The van der Waals surface area contributed by atoms with Crippen LogP contribution in [0.4, 0.5) is 4.39 Å². The Bertz CT molecular complexity index is 411. The van der Waals surface area contributed by atoms with Crippen LogP contribution in [-0.2, 0) is 17.8 Å². The fourth-order valence-corrected chi connectivity index (χ4v) is 1.52. The number of benzene rings is 1. The van der Waals surface area contributed by atoms with Crippen LogP contribution in [0, 0.1) is 5.82 Å². The molecule has 0 aliphatic carbocycles. The summed E-state index contributed by atoms with van der Waals surface area (Å²) in [7, 11) is 0. The number of rotatable bonds is 2. The number of carbonyl (C=O) groups excluding carboxylic acids is 1. The predicted molar refractivity (Wildman–Crippen MR) is 47.4 cm³/mol. The molecular weight excluding hydrogens is 185 g/mol. The van der Waals surface area contributed by atoms with Crippen molar-refractivity contribution in [3.05, 3.63) is 29.1 Å². The van der Waals surface area contributed by atoms with Gasteiger partial charge in [-0.2, -0.15) is 0 Å². The Hall–Kier alpha value is -1.67. The standard InChI is InChI=1S/C10H8FNO2/c11-10-7(5-12-6-13)1-2-9-8(10)3-4-14-9/h1-2H,3-5H2. The van der Waals surface area contributed by atoms with E-state index >= 15 is 0 Å². The molecule has 0 amide bonds. The van der Waals surface area contributed by atoms with Crippen molar-refractivity contribution in [3.8, 4) is 5.75 Å². The maximum absolute atomic E-state index is 13.6. The summed E-state index contributed by atoms with van der Waals surface area (Å²) in [5.41, 5.74) is 1.00. The molecule has 72 valence electrons. The number of halogens is 1. The Balaban J connectivity index is 2.39. The van der Waals surface area contributed by atoms with E-state index in [0.29, 0.717) is 29.9 Å². The molecule has 1 aromatic rings. The molecule has 0 radical (unpaired) electrons. The van der Waals surface area contributed by atoms with Gasteiger partial charge in [-0.25, -0.2) is 14.2 Å². The average molecular weight is 193 g/mol. The fraction of sp³-hybridized carbons (Fsp3) is 0.300. The van der Waals surface area contributed by atoms with Crippen molar-refractivity contribution in [2.75, 3.05) is 6.61 Å². The van der Waals surface area contributed by atoms with Crippen molar-refractivity contribution >= 4 is 6.08 Å². The minimum Gasteiger partial charge on any atom is -0.493 e. The second-order valence-electron chi connectivity index (χ2n) is 3.02. The molecule has 1 aliphatic rings. The molecule has 14 heavy (non-hydrogen) atoms. The molecule has 1 aromatic carbocycles. The lowest BCUT2D eigenvalue weighted by atomic mass is 10.1. The highest BCUT2D eigenvalue weighted by Gasteiger charge is 2.18. The summed E-state index contributed by atoms with van der Waals surface area (Å²) >= 11 is 0. The third-order valence-electron chi connectivity index (χ3n) is 2.20. The molecule has 0 spiro atoms. The monoisotopic (exact) mass is 193 g/mol. The van der Waals surface area contributed by atoms with Crippen LogP contribution < -0.4 is 4.74 Å².